The van der Waals surface area contributed by atoms with Crippen LogP contribution in [0.1, 0.15) is 23.1 Å². The molecular formula is C17H17FN2O2S2. The maximum Gasteiger partial charge on any atom is 0.252 e. The van der Waals surface area contributed by atoms with Gasteiger partial charge in [-0.25, -0.2) is 12.8 Å². The summed E-state index contributed by atoms with van der Waals surface area (Å²) in [6.07, 6.45) is 1.43. The van der Waals surface area contributed by atoms with E-state index in [0.717, 1.165) is 33.5 Å². The Morgan fingerprint density at radius 2 is 2.12 bits per heavy atom. The Hall–Kier alpha value is -1.70. The fourth-order valence-corrected chi connectivity index (χ4v) is 6.04. The molecule has 0 unspecified atom stereocenters. The van der Waals surface area contributed by atoms with Gasteiger partial charge in [0.2, 0.25) is 0 Å². The molecule has 0 saturated heterocycles. The summed E-state index contributed by atoms with van der Waals surface area (Å²) >= 11 is 1.33. The van der Waals surface area contributed by atoms with Gasteiger partial charge in [0, 0.05) is 41.0 Å². The van der Waals surface area contributed by atoms with Gasteiger partial charge in [-0.3, -0.25) is 0 Å². The molecule has 7 heteroatoms. The number of H-pyrrole nitrogens is 1. The number of thiophene rings is 1. The zero-order chi connectivity index (χ0) is 16.9. The monoisotopic (exact) mass is 364 g/mol. The van der Waals surface area contributed by atoms with Crippen molar-refractivity contribution in [1.82, 2.24) is 9.29 Å². The first kappa shape index (κ1) is 15.8. The number of aromatic amines is 1. The highest BCUT2D eigenvalue weighted by Gasteiger charge is 2.31. The number of rotatable bonds is 3. The second-order valence-electron chi connectivity index (χ2n) is 5.93. The quantitative estimate of drug-likeness (QED) is 0.771. The maximum atomic E-state index is 13.6. The summed E-state index contributed by atoms with van der Waals surface area (Å²) in [4.78, 5) is 4.34. The molecule has 1 aliphatic rings. The lowest BCUT2D eigenvalue weighted by molar-refractivity contribution is 0.392. The van der Waals surface area contributed by atoms with Crippen molar-refractivity contribution in [3.05, 3.63) is 52.3 Å². The number of benzene rings is 1. The summed E-state index contributed by atoms with van der Waals surface area (Å²) in [6.45, 7) is 2.72. The first-order valence-corrected chi connectivity index (χ1v) is 10.1. The van der Waals surface area contributed by atoms with Gasteiger partial charge in [0.25, 0.3) is 10.0 Å². The van der Waals surface area contributed by atoms with E-state index in [1.165, 1.54) is 27.8 Å². The van der Waals surface area contributed by atoms with Crippen LogP contribution >= 0.6 is 11.3 Å². The molecule has 0 atom stereocenters. The number of sulfonamides is 1. The molecule has 0 aliphatic carbocycles. The largest absolute Gasteiger partial charge is 0.358 e. The normalized spacial score (nSPS) is 15.8. The first-order valence-electron chi connectivity index (χ1n) is 7.87. The Bertz CT molecular complexity index is 1020. The van der Waals surface area contributed by atoms with Crippen molar-refractivity contribution in [2.24, 2.45) is 0 Å². The molecular weight excluding hydrogens is 347 g/mol. The van der Waals surface area contributed by atoms with E-state index in [2.05, 4.69) is 4.98 Å². The van der Waals surface area contributed by atoms with Crippen LogP contribution in [-0.4, -0.2) is 24.3 Å². The second-order valence-corrected chi connectivity index (χ2v) is 9.27. The predicted octanol–water partition coefficient (Wildman–Crippen LogP) is 3.68. The van der Waals surface area contributed by atoms with Crippen molar-refractivity contribution in [1.29, 1.82) is 0 Å². The van der Waals surface area contributed by atoms with E-state index in [-0.39, 0.29) is 12.4 Å². The lowest BCUT2D eigenvalue weighted by Crippen LogP contribution is -2.35. The van der Waals surface area contributed by atoms with Gasteiger partial charge in [0.15, 0.2) is 0 Å². The molecule has 3 aromatic rings. The molecule has 0 radical (unpaired) electrons. The van der Waals surface area contributed by atoms with Gasteiger partial charge in [0.05, 0.1) is 0 Å². The average Bonchev–Trinajstić information content (AvgIpc) is 3.18. The van der Waals surface area contributed by atoms with E-state index in [1.54, 1.807) is 12.1 Å². The van der Waals surface area contributed by atoms with Crippen LogP contribution in [0.3, 0.4) is 0 Å². The zero-order valence-electron chi connectivity index (χ0n) is 13.2. The van der Waals surface area contributed by atoms with E-state index in [0.29, 0.717) is 17.2 Å². The lowest BCUT2D eigenvalue weighted by atomic mass is 10.1. The van der Waals surface area contributed by atoms with Crippen LogP contribution in [-0.2, 0) is 29.4 Å². The number of fused-ring (bicyclic) bond motifs is 3. The Morgan fingerprint density at radius 3 is 2.88 bits per heavy atom. The van der Waals surface area contributed by atoms with Crippen molar-refractivity contribution in [2.75, 3.05) is 6.54 Å². The SMILES string of the molecule is CCc1ccc(S(=O)(=O)N2CCc3[nH]c4ccc(F)cc4c3C2)s1. The van der Waals surface area contributed by atoms with E-state index >= 15 is 0 Å². The van der Waals surface area contributed by atoms with E-state index in [4.69, 9.17) is 0 Å². The number of hydrogen-bond acceptors (Lipinski definition) is 3. The highest BCUT2D eigenvalue weighted by Crippen LogP contribution is 2.32. The molecule has 2 aromatic heterocycles. The van der Waals surface area contributed by atoms with Crippen molar-refractivity contribution in [2.45, 2.75) is 30.5 Å². The molecule has 0 spiro atoms. The molecule has 1 aromatic carbocycles. The van der Waals surface area contributed by atoms with Crippen LogP contribution in [0.2, 0.25) is 0 Å². The zero-order valence-corrected chi connectivity index (χ0v) is 14.8. The second kappa shape index (κ2) is 5.68. The maximum absolute atomic E-state index is 13.6. The fourth-order valence-electron chi connectivity index (χ4n) is 3.18. The molecule has 1 N–H and O–H groups in total. The summed E-state index contributed by atoms with van der Waals surface area (Å²) in [7, 11) is -3.51. The summed E-state index contributed by atoms with van der Waals surface area (Å²) in [6, 6.07) is 8.14. The Morgan fingerprint density at radius 1 is 1.29 bits per heavy atom. The number of hydrogen-bond donors (Lipinski definition) is 1. The van der Waals surface area contributed by atoms with Crippen LogP contribution in [0.15, 0.2) is 34.5 Å². The number of nitrogens with zero attached hydrogens (tertiary/aromatic N) is 1. The average molecular weight is 364 g/mol. The highest BCUT2D eigenvalue weighted by molar-refractivity contribution is 7.91. The van der Waals surface area contributed by atoms with E-state index < -0.39 is 10.0 Å². The topological polar surface area (TPSA) is 53.2 Å². The minimum atomic E-state index is -3.51. The van der Waals surface area contributed by atoms with Crippen LogP contribution in [0.4, 0.5) is 4.39 Å². The van der Waals surface area contributed by atoms with Crippen molar-refractivity contribution in [3.8, 4) is 0 Å². The summed E-state index contributed by atoms with van der Waals surface area (Å²) in [5.41, 5.74) is 2.74. The number of nitrogens with one attached hydrogen (secondary N) is 1. The summed E-state index contributed by atoms with van der Waals surface area (Å²) in [5, 5.41) is 0.769. The van der Waals surface area contributed by atoms with Gasteiger partial charge in [-0.2, -0.15) is 4.31 Å². The van der Waals surface area contributed by atoms with Crippen molar-refractivity contribution in [3.63, 3.8) is 0 Å². The molecule has 1 aliphatic heterocycles. The van der Waals surface area contributed by atoms with E-state index in [9.17, 15) is 12.8 Å². The number of aromatic nitrogens is 1. The minimum Gasteiger partial charge on any atom is -0.358 e. The van der Waals surface area contributed by atoms with Gasteiger partial charge >= 0.3 is 0 Å². The number of aryl methyl sites for hydroxylation is 1. The molecule has 4 rings (SSSR count). The van der Waals surface area contributed by atoms with Crippen molar-refractivity contribution >= 4 is 32.3 Å². The van der Waals surface area contributed by atoms with Gasteiger partial charge in [-0.15, -0.1) is 11.3 Å². The van der Waals surface area contributed by atoms with Crippen LogP contribution in [0.25, 0.3) is 10.9 Å². The Labute approximate surface area is 144 Å². The van der Waals surface area contributed by atoms with Gasteiger partial charge < -0.3 is 4.98 Å². The van der Waals surface area contributed by atoms with Crippen LogP contribution < -0.4 is 0 Å². The fraction of sp³-hybridized carbons (Fsp3) is 0.294. The minimum absolute atomic E-state index is 0.278. The Balaban J connectivity index is 1.73. The smallest absolute Gasteiger partial charge is 0.252 e. The molecule has 0 amide bonds. The van der Waals surface area contributed by atoms with Crippen molar-refractivity contribution < 1.29 is 12.8 Å². The molecule has 0 saturated carbocycles. The first-order chi connectivity index (χ1) is 11.5. The van der Waals surface area contributed by atoms with E-state index in [1.807, 2.05) is 13.0 Å². The lowest BCUT2D eigenvalue weighted by Gasteiger charge is -2.25. The Kier molecular flexibility index (Phi) is 3.74. The third-order valence-electron chi connectivity index (χ3n) is 4.48. The molecule has 3 heterocycles. The standard InChI is InChI=1S/C17H17FN2O2S2/c1-2-12-4-6-17(23-12)24(21,22)20-8-7-16-14(10-20)13-9-11(18)3-5-15(13)19-16/h3-6,9,19H,2,7-8,10H2,1H3. The predicted molar refractivity (Wildman–Crippen MR) is 93.3 cm³/mol. The highest BCUT2D eigenvalue weighted by atomic mass is 32.2. The molecule has 4 nitrogen and oxygen atoms in total. The molecule has 0 bridgehead atoms. The molecule has 24 heavy (non-hydrogen) atoms. The summed E-state index contributed by atoms with van der Waals surface area (Å²) in [5.74, 6) is -0.310. The third-order valence-corrected chi connectivity index (χ3v) is 8.02. The van der Waals surface area contributed by atoms with Gasteiger partial charge in [-0.1, -0.05) is 6.92 Å². The van der Waals surface area contributed by atoms with Gasteiger partial charge in [0.1, 0.15) is 10.0 Å². The number of halogens is 1. The molecule has 0 fully saturated rings. The van der Waals surface area contributed by atoms with Crippen LogP contribution in [0, 0.1) is 5.82 Å². The third kappa shape index (κ3) is 2.47. The molecule has 126 valence electrons. The van der Waals surface area contributed by atoms with Crippen LogP contribution in [0.5, 0.6) is 0 Å². The van der Waals surface area contributed by atoms with Gasteiger partial charge in [-0.05, 0) is 42.3 Å². The summed E-state index contributed by atoms with van der Waals surface area (Å²) < 4.78 is 41.3.